The summed E-state index contributed by atoms with van der Waals surface area (Å²) in [4.78, 5) is 29.8. The molecule has 0 radical (unpaired) electrons. The molecule has 3 aliphatic rings. The number of rotatable bonds is 12. The highest BCUT2D eigenvalue weighted by atomic mass is 16.2. The molecule has 1 heterocycles. The second-order valence-corrected chi connectivity index (χ2v) is 10.7. The van der Waals surface area contributed by atoms with Crippen molar-refractivity contribution >= 4 is 11.8 Å². The van der Waals surface area contributed by atoms with Crippen molar-refractivity contribution < 1.29 is 9.59 Å². The minimum absolute atomic E-state index is 0.162. The number of nitrogens with one attached hydrogen (secondary N) is 2. The number of piperazine rings is 1. The van der Waals surface area contributed by atoms with Crippen molar-refractivity contribution in [2.75, 3.05) is 52.4 Å². The Morgan fingerprint density at radius 2 is 1.03 bits per heavy atom. The summed E-state index contributed by atoms with van der Waals surface area (Å²) in [6.07, 6.45) is 3.98. The number of amides is 2. The molecule has 2 aromatic rings. The highest BCUT2D eigenvalue weighted by Crippen LogP contribution is 2.48. The highest BCUT2D eigenvalue weighted by molar-refractivity contribution is 5.83. The first-order valence-electron chi connectivity index (χ1n) is 13.8. The van der Waals surface area contributed by atoms with E-state index >= 15 is 0 Å². The maximum Gasteiger partial charge on any atom is 0.223 e. The lowest BCUT2D eigenvalue weighted by atomic mass is 10.1. The smallest absolute Gasteiger partial charge is 0.223 e. The maximum absolute atomic E-state index is 12.4. The van der Waals surface area contributed by atoms with Gasteiger partial charge < -0.3 is 20.4 Å². The van der Waals surface area contributed by atoms with Crippen LogP contribution in [-0.4, -0.2) is 74.0 Å². The Balaban J connectivity index is 0.875. The van der Waals surface area contributed by atoms with Gasteiger partial charge in [0.2, 0.25) is 11.8 Å². The average Bonchev–Trinajstić information content (AvgIpc) is 3.85. The summed E-state index contributed by atoms with van der Waals surface area (Å²) in [7, 11) is 0. The molecule has 0 aromatic heterocycles. The van der Waals surface area contributed by atoms with Crippen molar-refractivity contribution in [2.24, 2.45) is 11.8 Å². The summed E-state index contributed by atoms with van der Waals surface area (Å²) >= 11 is 0. The summed E-state index contributed by atoms with van der Waals surface area (Å²) in [5.74, 6) is 1.58. The van der Waals surface area contributed by atoms with Crippen LogP contribution in [0, 0.1) is 11.8 Å². The van der Waals surface area contributed by atoms with Gasteiger partial charge in [-0.15, -0.1) is 0 Å². The first kappa shape index (κ1) is 25.0. The van der Waals surface area contributed by atoms with Gasteiger partial charge in [-0.1, -0.05) is 60.7 Å². The van der Waals surface area contributed by atoms with Gasteiger partial charge in [-0.3, -0.25) is 9.59 Å². The summed E-state index contributed by atoms with van der Waals surface area (Å²) in [5, 5.41) is 6.30. The molecule has 4 atom stereocenters. The van der Waals surface area contributed by atoms with Gasteiger partial charge in [0.25, 0.3) is 0 Å². The molecule has 6 heteroatoms. The molecule has 4 unspecified atom stereocenters. The Hall–Kier alpha value is -2.70. The molecule has 6 nitrogen and oxygen atoms in total. The average molecular weight is 489 g/mol. The van der Waals surface area contributed by atoms with Crippen LogP contribution in [0.25, 0.3) is 0 Å². The lowest BCUT2D eigenvalue weighted by Gasteiger charge is -2.34. The Morgan fingerprint density at radius 1 is 0.639 bits per heavy atom. The Morgan fingerprint density at radius 3 is 1.42 bits per heavy atom. The zero-order valence-electron chi connectivity index (χ0n) is 21.3. The molecule has 2 N–H and O–H groups in total. The van der Waals surface area contributed by atoms with Gasteiger partial charge in [0.1, 0.15) is 0 Å². The van der Waals surface area contributed by atoms with E-state index in [4.69, 9.17) is 0 Å². The van der Waals surface area contributed by atoms with Gasteiger partial charge in [0.05, 0.1) is 0 Å². The molecule has 192 valence electrons. The highest BCUT2D eigenvalue weighted by Gasteiger charge is 2.44. The van der Waals surface area contributed by atoms with E-state index in [9.17, 15) is 9.59 Å². The molecule has 3 fully saturated rings. The number of nitrogens with zero attached hydrogens (tertiary/aromatic N) is 2. The van der Waals surface area contributed by atoms with E-state index in [0.29, 0.717) is 11.8 Å². The zero-order chi connectivity index (χ0) is 24.7. The van der Waals surface area contributed by atoms with Crippen LogP contribution in [0.15, 0.2) is 60.7 Å². The van der Waals surface area contributed by atoms with E-state index in [1.165, 1.54) is 11.1 Å². The Labute approximate surface area is 215 Å². The standard InChI is InChI=1S/C30H40N4O2/c35-29(27-21-25(27)23-9-3-1-4-10-23)31-13-7-15-33-17-19-34(20-18-33)16-8-14-32-30(36)28-22-26(28)24-11-5-2-6-12-24/h1-6,9-12,25-28H,7-8,13-22H2,(H,31,35)(H,32,36). The van der Waals surface area contributed by atoms with E-state index in [1.807, 2.05) is 12.1 Å². The van der Waals surface area contributed by atoms with Gasteiger partial charge in [0.15, 0.2) is 0 Å². The van der Waals surface area contributed by atoms with Crippen LogP contribution >= 0.6 is 0 Å². The van der Waals surface area contributed by atoms with Crippen LogP contribution in [0.1, 0.15) is 48.6 Å². The SMILES string of the molecule is O=C(NCCCN1CCN(CCCNC(=O)C2CC2c2ccccc2)CC1)C1CC1c1ccccc1. The summed E-state index contributed by atoms with van der Waals surface area (Å²) in [6, 6.07) is 20.8. The summed E-state index contributed by atoms with van der Waals surface area (Å²) < 4.78 is 0. The lowest BCUT2D eigenvalue weighted by molar-refractivity contribution is -0.123. The Bertz CT molecular complexity index is 909. The van der Waals surface area contributed by atoms with Crippen molar-refractivity contribution in [3.05, 3.63) is 71.8 Å². The molecule has 2 saturated carbocycles. The predicted octanol–water partition coefficient (Wildman–Crippen LogP) is 3.22. The van der Waals surface area contributed by atoms with Gasteiger partial charge in [-0.05, 0) is 61.7 Å². The third kappa shape index (κ3) is 6.74. The fraction of sp³-hybridized carbons (Fsp3) is 0.533. The van der Waals surface area contributed by atoms with Crippen LogP contribution in [0.5, 0.6) is 0 Å². The molecule has 1 saturated heterocycles. The van der Waals surface area contributed by atoms with Crippen molar-refractivity contribution in [3.8, 4) is 0 Å². The predicted molar refractivity (Wildman–Crippen MR) is 143 cm³/mol. The van der Waals surface area contributed by atoms with Gasteiger partial charge in [-0.2, -0.15) is 0 Å². The van der Waals surface area contributed by atoms with E-state index < -0.39 is 0 Å². The number of benzene rings is 2. The minimum atomic E-state index is 0.162. The number of carbonyl (C=O) groups excluding carboxylic acids is 2. The Kier molecular flexibility index (Phi) is 8.34. The summed E-state index contributed by atoms with van der Waals surface area (Å²) in [5.41, 5.74) is 2.58. The normalized spacial score (nSPS) is 25.8. The second-order valence-electron chi connectivity index (χ2n) is 10.7. The fourth-order valence-electron chi connectivity index (χ4n) is 5.63. The van der Waals surface area contributed by atoms with Gasteiger partial charge >= 0.3 is 0 Å². The first-order chi connectivity index (χ1) is 17.7. The topological polar surface area (TPSA) is 64.7 Å². The fourth-order valence-corrected chi connectivity index (χ4v) is 5.63. The molecule has 36 heavy (non-hydrogen) atoms. The third-order valence-corrected chi connectivity index (χ3v) is 8.08. The molecule has 1 aliphatic heterocycles. The molecule has 0 spiro atoms. The summed E-state index contributed by atoms with van der Waals surface area (Å²) in [6.45, 7) is 7.95. The van der Waals surface area contributed by atoms with Crippen molar-refractivity contribution in [2.45, 2.75) is 37.5 Å². The largest absolute Gasteiger partial charge is 0.356 e. The molecular weight excluding hydrogens is 448 g/mol. The number of hydrogen-bond acceptors (Lipinski definition) is 4. The monoisotopic (exact) mass is 488 g/mol. The quantitative estimate of drug-likeness (QED) is 0.451. The molecule has 2 aromatic carbocycles. The number of carbonyl (C=O) groups is 2. The molecule has 0 bridgehead atoms. The van der Waals surface area contributed by atoms with Crippen LogP contribution in [0.4, 0.5) is 0 Å². The molecular formula is C30H40N4O2. The molecule has 2 aliphatic carbocycles. The van der Waals surface area contributed by atoms with Crippen LogP contribution in [-0.2, 0) is 9.59 Å². The van der Waals surface area contributed by atoms with Crippen molar-refractivity contribution in [1.82, 2.24) is 20.4 Å². The van der Waals surface area contributed by atoms with E-state index in [2.05, 4.69) is 69.0 Å². The second kappa shape index (κ2) is 12.0. The molecule has 5 rings (SSSR count). The van der Waals surface area contributed by atoms with E-state index in [-0.39, 0.29) is 23.7 Å². The van der Waals surface area contributed by atoms with Crippen molar-refractivity contribution in [1.29, 1.82) is 0 Å². The molecule has 2 amide bonds. The maximum atomic E-state index is 12.4. The lowest BCUT2D eigenvalue weighted by Crippen LogP contribution is -2.47. The number of hydrogen-bond donors (Lipinski definition) is 2. The van der Waals surface area contributed by atoms with E-state index in [0.717, 1.165) is 78.0 Å². The third-order valence-electron chi connectivity index (χ3n) is 8.08. The van der Waals surface area contributed by atoms with E-state index in [1.54, 1.807) is 0 Å². The van der Waals surface area contributed by atoms with Crippen LogP contribution in [0.2, 0.25) is 0 Å². The van der Waals surface area contributed by atoms with Gasteiger partial charge in [0, 0.05) is 51.1 Å². The van der Waals surface area contributed by atoms with Crippen LogP contribution < -0.4 is 10.6 Å². The zero-order valence-corrected chi connectivity index (χ0v) is 21.3. The minimum Gasteiger partial charge on any atom is -0.356 e. The van der Waals surface area contributed by atoms with Gasteiger partial charge in [-0.25, -0.2) is 0 Å². The van der Waals surface area contributed by atoms with Crippen LogP contribution in [0.3, 0.4) is 0 Å². The van der Waals surface area contributed by atoms with Crippen molar-refractivity contribution in [3.63, 3.8) is 0 Å². The first-order valence-corrected chi connectivity index (χ1v) is 13.8.